The number of hydrogen-bond donors (Lipinski definition) is 0. The number of esters is 1. The Morgan fingerprint density at radius 3 is 2.18 bits per heavy atom. The molecule has 0 fully saturated rings. The van der Waals surface area contributed by atoms with Crippen LogP contribution >= 0.6 is 0 Å². The van der Waals surface area contributed by atoms with Gasteiger partial charge in [0.25, 0.3) is 11.8 Å². The predicted molar refractivity (Wildman–Crippen MR) is 121 cm³/mol. The van der Waals surface area contributed by atoms with Crippen molar-refractivity contribution in [3.63, 3.8) is 0 Å². The molecule has 0 aliphatic carbocycles. The first-order chi connectivity index (χ1) is 16.4. The molecule has 2 amide bonds. The van der Waals surface area contributed by atoms with Crippen LogP contribution in [0.1, 0.15) is 47.0 Å². The van der Waals surface area contributed by atoms with E-state index in [9.17, 15) is 19.2 Å². The second-order valence-electron chi connectivity index (χ2n) is 7.51. The molecule has 172 valence electrons. The molecule has 1 aliphatic heterocycles. The van der Waals surface area contributed by atoms with Gasteiger partial charge in [0.2, 0.25) is 0 Å². The lowest BCUT2D eigenvalue weighted by atomic mass is 10.1. The first-order valence-corrected chi connectivity index (χ1v) is 10.4. The van der Waals surface area contributed by atoms with E-state index in [1.807, 2.05) is 0 Å². The van der Waals surface area contributed by atoms with Crippen LogP contribution in [0.15, 0.2) is 66.7 Å². The summed E-state index contributed by atoms with van der Waals surface area (Å²) < 4.78 is 15.6. The highest BCUT2D eigenvalue weighted by Crippen LogP contribution is 2.27. The lowest BCUT2D eigenvalue weighted by Gasteiger charge is -2.16. The smallest absolute Gasteiger partial charge is 0.342 e. The van der Waals surface area contributed by atoms with Gasteiger partial charge in [0.15, 0.2) is 12.4 Å². The van der Waals surface area contributed by atoms with Crippen LogP contribution in [0.5, 0.6) is 11.5 Å². The number of carbonyl (C=O) groups excluding carboxylic acids is 4. The molecular formula is C26H21NO7. The summed E-state index contributed by atoms with van der Waals surface area (Å²) in [7, 11) is 2.89. The Hall–Kier alpha value is -4.46. The second kappa shape index (κ2) is 9.58. The Bertz CT molecular complexity index is 1260. The minimum absolute atomic E-state index is 0.0284. The lowest BCUT2D eigenvalue weighted by Crippen LogP contribution is -2.29. The zero-order chi connectivity index (χ0) is 24.2. The lowest BCUT2D eigenvalue weighted by molar-refractivity contribution is 0.0471. The van der Waals surface area contributed by atoms with Crippen molar-refractivity contribution in [1.82, 2.24) is 4.90 Å². The fourth-order valence-corrected chi connectivity index (χ4v) is 3.67. The van der Waals surface area contributed by atoms with E-state index >= 15 is 0 Å². The zero-order valence-corrected chi connectivity index (χ0v) is 18.6. The molecule has 0 unspecified atom stereocenters. The van der Waals surface area contributed by atoms with Gasteiger partial charge in [0.1, 0.15) is 17.1 Å². The average Bonchev–Trinajstić information content (AvgIpc) is 3.12. The molecule has 0 radical (unpaired) electrons. The van der Waals surface area contributed by atoms with Crippen molar-refractivity contribution in [2.24, 2.45) is 0 Å². The molecule has 8 nitrogen and oxygen atoms in total. The van der Waals surface area contributed by atoms with Crippen LogP contribution in [-0.2, 0) is 11.3 Å². The number of fused-ring (bicyclic) bond motifs is 1. The van der Waals surface area contributed by atoms with Crippen LogP contribution in [0, 0.1) is 0 Å². The van der Waals surface area contributed by atoms with Crippen LogP contribution in [0.25, 0.3) is 0 Å². The van der Waals surface area contributed by atoms with Gasteiger partial charge in [0.05, 0.1) is 31.9 Å². The maximum absolute atomic E-state index is 12.8. The molecule has 3 aromatic rings. The molecule has 0 N–H and O–H groups in total. The van der Waals surface area contributed by atoms with Gasteiger partial charge in [0, 0.05) is 5.56 Å². The number of methoxy groups -OCH3 is 2. The number of hydrogen-bond acceptors (Lipinski definition) is 7. The van der Waals surface area contributed by atoms with Crippen molar-refractivity contribution in [3.05, 3.63) is 94.5 Å². The summed E-state index contributed by atoms with van der Waals surface area (Å²) in [5, 5.41) is 0. The molecule has 1 heterocycles. The molecular weight excluding hydrogens is 438 g/mol. The summed E-state index contributed by atoms with van der Waals surface area (Å²) in [5.74, 6) is -1.20. The van der Waals surface area contributed by atoms with E-state index in [0.717, 1.165) is 4.90 Å². The Kier molecular flexibility index (Phi) is 6.40. The normalized spacial score (nSPS) is 12.4. The molecule has 3 aromatic carbocycles. The number of benzene rings is 3. The number of ketones is 1. The first kappa shape index (κ1) is 22.7. The van der Waals surface area contributed by atoms with E-state index in [1.165, 1.54) is 20.3 Å². The maximum atomic E-state index is 12.8. The summed E-state index contributed by atoms with van der Waals surface area (Å²) in [6.07, 6.45) is 0. The number of ether oxygens (including phenoxy) is 3. The number of amides is 2. The fraction of sp³-hybridized carbons (Fsp3) is 0.154. The molecule has 8 heteroatoms. The van der Waals surface area contributed by atoms with Gasteiger partial charge in [-0.05, 0) is 42.0 Å². The van der Waals surface area contributed by atoms with Gasteiger partial charge in [-0.25, -0.2) is 4.79 Å². The maximum Gasteiger partial charge on any atom is 0.342 e. The van der Waals surface area contributed by atoms with Crippen molar-refractivity contribution in [1.29, 1.82) is 0 Å². The predicted octanol–water partition coefficient (Wildman–Crippen LogP) is 3.54. The SMILES string of the molecule is COc1cccc(C(=O)COC(=O)c2cc(CN3C(=O)c4ccccc4C3=O)ccc2OC)c1. The van der Waals surface area contributed by atoms with Crippen LogP contribution in [0.2, 0.25) is 0 Å². The molecule has 4 rings (SSSR count). The summed E-state index contributed by atoms with van der Waals surface area (Å²) >= 11 is 0. The standard InChI is InChI=1S/C26H21NO7/c1-32-18-7-5-6-17(13-18)22(28)15-34-26(31)21-12-16(10-11-23(21)33-2)14-27-24(29)19-8-3-4-9-20(19)25(27)30/h3-13H,14-15H2,1-2H3. The second-order valence-corrected chi connectivity index (χ2v) is 7.51. The quantitative estimate of drug-likeness (QED) is 0.289. The Morgan fingerprint density at radius 1 is 0.824 bits per heavy atom. The van der Waals surface area contributed by atoms with E-state index < -0.39 is 30.2 Å². The van der Waals surface area contributed by atoms with Gasteiger partial charge in [-0.15, -0.1) is 0 Å². The van der Waals surface area contributed by atoms with Crippen molar-refractivity contribution in [2.45, 2.75) is 6.54 Å². The van der Waals surface area contributed by atoms with Gasteiger partial charge in [-0.3, -0.25) is 19.3 Å². The van der Waals surface area contributed by atoms with Gasteiger partial charge in [-0.2, -0.15) is 0 Å². The van der Waals surface area contributed by atoms with Crippen LogP contribution < -0.4 is 9.47 Å². The molecule has 1 aliphatic rings. The number of Topliss-reactive ketones (excluding diaryl/α,β-unsaturated/α-hetero) is 1. The van der Waals surface area contributed by atoms with Crippen molar-refractivity contribution in [2.75, 3.05) is 20.8 Å². The third kappa shape index (κ3) is 4.38. The highest BCUT2D eigenvalue weighted by Gasteiger charge is 2.35. The summed E-state index contributed by atoms with van der Waals surface area (Å²) in [4.78, 5) is 51.6. The topological polar surface area (TPSA) is 99.2 Å². The molecule has 0 bridgehead atoms. The molecule has 0 atom stereocenters. The summed E-state index contributed by atoms with van der Waals surface area (Å²) in [5.41, 5.74) is 1.64. The minimum atomic E-state index is -0.766. The highest BCUT2D eigenvalue weighted by atomic mass is 16.5. The third-order valence-corrected chi connectivity index (χ3v) is 5.43. The van der Waals surface area contributed by atoms with E-state index in [1.54, 1.807) is 60.7 Å². The van der Waals surface area contributed by atoms with Crippen molar-refractivity contribution in [3.8, 4) is 11.5 Å². The molecule has 0 saturated carbocycles. The highest BCUT2D eigenvalue weighted by molar-refractivity contribution is 6.21. The number of carbonyl (C=O) groups is 4. The van der Waals surface area contributed by atoms with Crippen LogP contribution in [0.3, 0.4) is 0 Å². The van der Waals surface area contributed by atoms with Gasteiger partial charge >= 0.3 is 5.97 Å². The Balaban J connectivity index is 1.49. The van der Waals surface area contributed by atoms with Crippen LogP contribution in [-0.4, -0.2) is 49.3 Å². The number of nitrogens with zero attached hydrogens (tertiary/aromatic N) is 1. The van der Waals surface area contributed by atoms with E-state index in [-0.39, 0.29) is 17.9 Å². The van der Waals surface area contributed by atoms with Crippen molar-refractivity contribution >= 4 is 23.6 Å². The average molecular weight is 459 g/mol. The summed E-state index contributed by atoms with van der Waals surface area (Å²) in [6.45, 7) is -0.503. The largest absolute Gasteiger partial charge is 0.497 e. The third-order valence-electron chi connectivity index (χ3n) is 5.43. The van der Waals surface area contributed by atoms with Crippen molar-refractivity contribution < 1.29 is 33.4 Å². The van der Waals surface area contributed by atoms with Gasteiger partial charge in [-0.1, -0.05) is 30.3 Å². The fourth-order valence-electron chi connectivity index (χ4n) is 3.67. The van der Waals surface area contributed by atoms with Crippen LogP contribution in [0.4, 0.5) is 0 Å². The monoisotopic (exact) mass is 459 g/mol. The van der Waals surface area contributed by atoms with E-state index in [2.05, 4.69) is 0 Å². The Labute approximate surface area is 195 Å². The Morgan fingerprint density at radius 2 is 1.53 bits per heavy atom. The minimum Gasteiger partial charge on any atom is -0.497 e. The zero-order valence-electron chi connectivity index (χ0n) is 18.6. The molecule has 0 spiro atoms. The van der Waals surface area contributed by atoms with E-state index in [0.29, 0.717) is 28.0 Å². The first-order valence-electron chi connectivity index (χ1n) is 10.4. The molecule has 0 aromatic heterocycles. The molecule has 34 heavy (non-hydrogen) atoms. The number of imide groups is 1. The number of rotatable bonds is 8. The molecule has 0 saturated heterocycles. The van der Waals surface area contributed by atoms with Gasteiger partial charge < -0.3 is 14.2 Å². The van der Waals surface area contributed by atoms with E-state index in [4.69, 9.17) is 14.2 Å². The summed E-state index contributed by atoms with van der Waals surface area (Å²) in [6, 6.07) is 17.8.